The number of amidine groups is 1. The molecule has 0 saturated carbocycles. The Kier molecular flexibility index (Phi) is 8.06. The van der Waals surface area contributed by atoms with Crippen molar-refractivity contribution in [1.82, 2.24) is 5.32 Å². The van der Waals surface area contributed by atoms with Crippen molar-refractivity contribution in [3.8, 4) is 0 Å². The zero-order valence-corrected chi connectivity index (χ0v) is 14.5. The highest BCUT2D eigenvalue weighted by Crippen LogP contribution is 2.07. The maximum absolute atomic E-state index is 12.1. The molecule has 1 fully saturated rings. The van der Waals surface area contributed by atoms with Crippen LogP contribution in [0.4, 0.5) is 0 Å². The standard InChI is InChI=1S/C16H25N3O3S/c1-2-21-11-12-22-16(17-7-10-19-8-3-4-9-19)18-15(20)14-6-5-13-23-14/h5-6,13H,2-4,7-12H2,1H3,(H,17,18,20)/p+1. The van der Waals surface area contributed by atoms with Crippen molar-refractivity contribution in [1.29, 1.82) is 0 Å². The Morgan fingerprint density at radius 2 is 2.22 bits per heavy atom. The number of rotatable bonds is 8. The molecule has 2 heterocycles. The summed E-state index contributed by atoms with van der Waals surface area (Å²) < 4.78 is 10.8. The number of ether oxygens (including phenoxy) is 2. The maximum atomic E-state index is 12.1. The Morgan fingerprint density at radius 1 is 1.39 bits per heavy atom. The number of aliphatic imine (C=N–C) groups is 1. The molecule has 0 unspecified atom stereocenters. The summed E-state index contributed by atoms with van der Waals surface area (Å²) in [5.41, 5.74) is 0. The fourth-order valence-corrected chi connectivity index (χ4v) is 3.09. The molecule has 1 aromatic heterocycles. The third-order valence-electron chi connectivity index (χ3n) is 3.67. The molecule has 128 valence electrons. The first-order valence-electron chi connectivity index (χ1n) is 8.23. The molecule has 1 aliphatic rings. The molecule has 23 heavy (non-hydrogen) atoms. The molecule has 7 heteroatoms. The summed E-state index contributed by atoms with van der Waals surface area (Å²) in [6.45, 7) is 7.53. The van der Waals surface area contributed by atoms with Crippen molar-refractivity contribution >= 4 is 23.3 Å². The first-order valence-corrected chi connectivity index (χ1v) is 9.11. The van der Waals surface area contributed by atoms with Crippen LogP contribution >= 0.6 is 11.3 Å². The molecule has 0 radical (unpaired) electrons. The van der Waals surface area contributed by atoms with Crippen LogP contribution in [-0.4, -0.2) is 57.9 Å². The van der Waals surface area contributed by atoms with Crippen LogP contribution in [0, 0.1) is 0 Å². The first kappa shape index (κ1) is 17.9. The van der Waals surface area contributed by atoms with Crippen LogP contribution in [0.25, 0.3) is 0 Å². The van der Waals surface area contributed by atoms with E-state index in [1.54, 1.807) is 11.0 Å². The van der Waals surface area contributed by atoms with Crippen LogP contribution in [0.5, 0.6) is 0 Å². The highest BCUT2D eigenvalue weighted by Gasteiger charge is 2.15. The summed E-state index contributed by atoms with van der Waals surface area (Å²) in [5.74, 6) is -0.177. The third kappa shape index (κ3) is 6.68. The summed E-state index contributed by atoms with van der Waals surface area (Å²) in [5, 5.41) is 4.63. The third-order valence-corrected chi connectivity index (χ3v) is 4.54. The van der Waals surface area contributed by atoms with Gasteiger partial charge in [-0.3, -0.25) is 10.1 Å². The van der Waals surface area contributed by atoms with Crippen LogP contribution in [-0.2, 0) is 9.47 Å². The molecule has 2 rings (SSSR count). The van der Waals surface area contributed by atoms with Gasteiger partial charge in [0, 0.05) is 19.4 Å². The van der Waals surface area contributed by atoms with Gasteiger partial charge in [0.15, 0.2) is 0 Å². The molecular weight excluding hydrogens is 314 g/mol. The van der Waals surface area contributed by atoms with Gasteiger partial charge in [-0.2, -0.15) is 0 Å². The molecule has 0 aromatic carbocycles. The predicted octanol–water partition coefficient (Wildman–Crippen LogP) is 0.566. The topological polar surface area (TPSA) is 64.4 Å². The number of quaternary nitrogens is 1. The number of thiophene rings is 1. The van der Waals surface area contributed by atoms with Gasteiger partial charge in [0.2, 0.25) is 0 Å². The van der Waals surface area contributed by atoms with Gasteiger partial charge >= 0.3 is 0 Å². The lowest BCUT2D eigenvalue weighted by molar-refractivity contribution is -0.885. The number of hydrogen-bond donors (Lipinski definition) is 2. The van der Waals surface area contributed by atoms with Gasteiger partial charge in [-0.15, -0.1) is 11.3 Å². The Labute approximate surface area is 141 Å². The maximum Gasteiger partial charge on any atom is 0.292 e. The van der Waals surface area contributed by atoms with Gasteiger partial charge in [-0.05, 0) is 18.4 Å². The average molecular weight is 340 g/mol. The highest BCUT2D eigenvalue weighted by molar-refractivity contribution is 7.12. The summed E-state index contributed by atoms with van der Waals surface area (Å²) >= 11 is 1.40. The second-order valence-electron chi connectivity index (χ2n) is 5.37. The van der Waals surface area contributed by atoms with E-state index in [-0.39, 0.29) is 5.91 Å². The van der Waals surface area contributed by atoms with E-state index in [0.717, 1.165) is 6.54 Å². The van der Waals surface area contributed by atoms with Crippen molar-refractivity contribution < 1.29 is 19.2 Å². The van der Waals surface area contributed by atoms with E-state index in [0.29, 0.717) is 37.3 Å². The van der Waals surface area contributed by atoms with E-state index in [2.05, 4.69) is 10.3 Å². The molecule has 0 bridgehead atoms. The van der Waals surface area contributed by atoms with Gasteiger partial charge < -0.3 is 14.4 Å². The number of hydrogen-bond acceptors (Lipinski definition) is 5. The van der Waals surface area contributed by atoms with Crippen molar-refractivity contribution in [2.24, 2.45) is 4.99 Å². The molecule has 1 saturated heterocycles. The fraction of sp³-hybridized carbons (Fsp3) is 0.625. The van der Waals surface area contributed by atoms with Crippen molar-refractivity contribution in [2.75, 3.05) is 46.0 Å². The van der Waals surface area contributed by atoms with Gasteiger partial charge in [0.05, 0.1) is 37.7 Å². The highest BCUT2D eigenvalue weighted by atomic mass is 32.1. The molecule has 1 aromatic rings. The Balaban J connectivity index is 1.83. The normalized spacial score (nSPS) is 15.8. The molecular formula is C16H26N3O3S+. The second kappa shape index (κ2) is 10.4. The molecule has 1 amide bonds. The van der Waals surface area contributed by atoms with E-state index >= 15 is 0 Å². The van der Waals surface area contributed by atoms with E-state index in [4.69, 9.17) is 9.47 Å². The number of nitrogens with zero attached hydrogens (tertiary/aromatic N) is 1. The number of carbonyl (C=O) groups is 1. The smallest absolute Gasteiger partial charge is 0.292 e. The zero-order valence-electron chi connectivity index (χ0n) is 13.7. The monoisotopic (exact) mass is 340 g/mol. The predicted molar refractivity (Wildman–Crippen MR) is 91.3 cm³/mol. The minimum absolute atomic E-state index is 0.177. The van der Waals surface area contributed by atoms with E-state index < -0.39 is 0 Å². The minimum atomic E-state index is -0.177. The van der Waals surface area contributed by atoms with Crippen molar-refractivity contribution in [3.63, 3.8) is 0 Å². The lowest BCUT2D eigenvalue weighted by Gasteiger charge is -2.12. The number of carbonyl (C=O) groups excluding carboxylic acids is 1. The van der Waals surface area contributed by atoms with Crippen LogP contribution in [0.3, 0.4) is 0 Å². The molecule has 2 N–H and O–H groups in total. The van der Waals surface area contributed by atoms with Crippen molar-refractivity contribution in [3.05, 3.63) is 22.4 Å². The molecule has 0 aliphatic carbocycles. The van der Waals surface area contributed by atoms with Gasteiger partial charge in [0.1, 0.15) is 6.61 Å². The van der Waals surface area contributed by atoms with Gasteiger partial charge in [-0.1, -0.05) is 6.07 Å². The number of nitrogens with one attached hydrogen (secondary N) is 2. The van der Waals surface area contributed by atoms with E-state index in [9.17, 15) is 4.79 Å². The fourth-order valence-electron chi connectivity index (χ4n) is 2.47. The van der Waals surface area contributed by atoms with Crippen LogP contribution in [0.2, 0.25) is 0 Å². The molecule has 0 atom stereocenters. The number of amides is 1. The van der Waals surface area contributed by atoms with Gasteiger partial charge in [-0.25, -0.2) is 4.99 Å². The lowest BCUT2D eigenvalue weighted by atomic mass is 10.4. The quantitative estimate of drug-likeness (QED) is 0.413. The summed E-state index contributed by atoms with van der Waals surface area (Å²) in [6.07, 6.45) is 2.59. The van der Waals surface area contributed by atoms with Crippen LogP contribution < -0.4 is 10.2 Å². The summed E-state index contributed by atoms with van der Waals surface area (Å²) in [7, 11) is 0. The van der Waals surface area contributed by atoms with Crippen molar-refractivity contribution in [2.45, 2.75) is 19.8 Å². The summed E-state index contributed by atoms with van der Waals surface area (Å²) in [6, 6.07) is 3.93. The van der Waals surface area contributed by atoms with E-state index in [1.807, 2.05) is 18.4 Å². The summed E-state index contributed by atoms with van der Waals surface area (Å²) in [4.78, 5) is 18.8. The van der Waals surface area contributed by atoms with E-state index in [1.165, 1.54) is 37.3 Å². The van der Waals surface area contributed by atoms with Gasteiger partial charge in [0.25, 0.3) is 11.9 Å². The Morgan fingerprint density at radius 3 is 2.91 bits per heavy atom. The second-order valence-corrected chi connectivity index (χ2v) is 6.32. The minimum Gasteiger partial charge on any atom is -0.463 e. The van der Waals surface area contributed by atoms with Crippen LogP contribution in [0.1, 0.15) is 29.4 Å². The molecule has 6 nitrogen and oxygen atoms in total. The Bertz CT molecular complexity index is 485. The molecule has 1 aliphatic heterocycles. The Hall–Kier alpha value is -1.44. The largest absolute Gasteiger partial charge is 0.463 e. The zero-order chi connectivity index (χ0) is 16.3. The lowest BCUT2D eigenvalue weighted by Crippen LogP contribution is -3.10. The number of likely N-dealkylation sites (tertiary alicyclic amines) is 1. The first-order chi connectivity index (χ1) is 11.3. The molecule has 0 spiro atoms. The SMILES string of the molecule is CCOCCOC(=NCC[NH+]1CCCC1)NC(=O)c1cccs1. The average Bonchev–Trinajstić information content (AvgIpc) is 3.24. The van der Waals surface area contributed by atoms with Crippen LogP contribution in [0.15, 0.2) is 22.5 Å².